The first-order valence-electron chi connectivity index (χ1n) is 10.7. The summed E-state index contributed by atoms with van der Waals surface area (Å²) < 4.78 is 60.5. The number of halogens is 4. The van der Waals surface area contributed by atoms with Crippen molar-refractivity contribution < 1.29 is 31.9 Å². The van der Waals surface area contributed by atoms with Crippen molar-refractivity contribution in [3.8, 4) is 0 Å². The zero-order valence-electron chi connectivity index (χ0n) is 17.8. The molecule has 2 atom stereocenters. The molecule has 3 aliphatic rings. The van der Waals surface area contributed by atoms with Gasteiger partial charge in [-0.1, -0.05) is 0 Å². The van der Waals surface area contributed by atoms with Gasteiger partial charge in [0.2, 0.25) is 5.95 Å². The molecule has 4 heterocycles. The predicted octanol–water partition coefficient (Wildman–Crippen LogP) is 3.72. The topological polar surface area (TPSA) is 62.7 Å². The van der Waals surface area contributed by atoms with E-state index in [-0.39, 0.29) is 37.5 Å². The summed E-state index contributed by atoms with van der Waals surface area (Å²) in [6.45, 7) is 2.11. The Balaban J connectivity index is 1.35. The van der Waals surface area contributed by atoms with E-state index in [9.17, 15) is 27.2 Å². The number of carbonyl (C=O) groups is 2. The number of hydrogen-bond acceptors (Lipinski definition) is 4. The predicted molar refractivity (Wildman–Crippen MR) is 107 cm³/mol. The van der Waals surface area contributed by atoms with E-state index in [1.165, 1.54) is 17.0 Å². The Morgan fingerprint density at radius 3 is 2.36 bits per heavy atom. The number of carbonyl (C=O) groups excluding carboxylic acids is 2. The summed E-state index contributed by atoms with van der Waals surface area (Å²) in [5.41, 5.74) is -1.91. The second-order valence-electron chi connectivity index (χ2n) is 8.97. The van der Waals surface area contributed by atoms with Crippen molar-refractivity contribution in [1.82, 2.24) is 14.8 Å². The van der Waals surface area contributed by atoms with E-state index < -0.39 is 46.7 Å². The van der Waals surface area contributed by atoms with Gasteiger partial charge >= 0.3 is 0 Å². The molecule has 3 saturated heterocycles. The lowest BCUT2D eigenvalue weighted by Gasteiger charge is -2.37. The first-order valence-corrected chi connectivity index (χ1v) is 10.7. The summed E-state index contributed by atoms with van der Waals surface area (Å²) in [6, 6.07) is 4.69. The number of hydrogen-bond donors (Lipinski definition) is 0. The van der Waals surface area contributed by atoms with Gasteiger partial charge in [-0.2, -0.15) is 4.39 Å². The van der Waals surface area contributed by atoms with Crippen molar-refractivity contribution in [1.29, 1.82) is 0 Å². The fourth-order valence-corrected chi connectivity index (χ4v) is 5.29. The minimum Gasteiger partial charge on any atom is -0.339 e. The van der Waals surface area contributed by atoms with Crippen LogP contribution in [0.1, 0.15) is 54.7 Å². The van der Waals surface area contributed by atoms with Crippen molar-refractivity contribution in [2.45, 2.75) is 50.0 Å². The highest BCUT2D eigenvalue weighted by molar-refractivity contribution is 5.93. The molecule has 33 heavy (non-hydrogen) atoms. The van der Waals surface area contributed by atoms with Crippen LogP contribution in [0, 0.1) is 23.4 Å². The zero-order valence-corrected chi connectivity index (χ0v) is 17.8. The van der Waals surface area contributed by atoms with Gasteiger partial charge in [-0.25, -0.2) is 18.2 Å². The Kier molecular flexibility index (Phi) is 4.97. The van der Waals surface area contributed by atoms with Crippen LogP contribution in [0.25, 0.3) is 0 Å². The number of nitrogens with zero attached hydrogens (tertiary/aromatic N) is 3. The van der Waals surface area contributed by atoms with Crippen LogP contribution < -0.4 is 0 Å². The molecule has 1 aromatic heterocycles. The summed E-state index contributed by atoms with van der Waals surface area (Å²) in [5, 5.41) is 0. The van der Waals surface area contributed by atoms with Gasteiger partial charge in [-0.15, -0.1) is 0 Å². The van der Waals surface area contributed by atoms with Crippen LogP contribution in [-0.2, 0) is 9.53 Å². The van der Waals surface area contributed by atoms with Crippen molar-refractivity contribution >= 4 is 11.8 Å². The molecule has 174 valence electrons. The molecule has 2 aromatic rings. The summed E-state index contributed by atoms with van der Waals surface area (Å²) in [6.07, 6.45) is 1.42. The molecule has 10 heteroatoms. The van der Waals surface area contributed by atoms with Crippen molar-refractivity contribution in [3.63, 3.8) is 0 Å². The average Bonchev–Trinajstić information content (AvgIpc) is 3.20. The van der Waals surface area contributed by atoms with Gasteiger partial charge in [-0.3, -0.25) is 9.59 Å². The van der Waals surface area contributed by atoms with Crippen LogP contribution in [-0.4, -0.2) is 51.0 Å². The highest BCUT2D eigenvalue weighted by atomic mass is 19.2. The summed E-state index contributed by atoms with van der Waals surface area (Å²) in [7, 11) is 0. The molecule has 1 aromatic carbocycles. The molecule has 0 aliphatic carbocycles. The van der Waals surface area contributed by atoms with E-state index in [4.69, 9.17) is 4.74 Å². The number of aromatic nitrogens is 1. The smallest absolute Gasteiger partial charge is 0.272 e. The minimum absolute atomic E-state index is 0.161. The van der Waals surface area contributed by atoms with E-state index in [2.05, 4.69) is 4.98 Å². The van der Waals surface area contributed by atoms with Gasteiger partial charge in [0.25, 0.3) is 11.8 Å². The maximum absolute atomic E-state index is 13.8. The van der Waals surface area contributed by atoms with Gasteiger partial charge in [-0.05, 0) is 49.6 Å². The van der Waals surface area contributed by atoms with E-state index in [0.29, 0.717) is 18.4 Å². The fraction of sp³-hybridized carbons (Fsp3) is 0.435. The number of fused-ring (bicyclic) bond motifs is 1. The molecule has 0 saturated carbocycles. The van der Waals surface area contributed by atoms with Crippen LogP contribution >= 0.6 is 0 Å². The van der Waals surface area contributed by atoms with Crippen LogP contribution in [0.4, 0.5) is 17.6 Å². The monoisotopic (exact) mass is 463 g/mol. The molecule has 6 nitrogen and oxygen atoms in total. The van der Waals surface area contributed by atoms with Crippen molar-refractivity contribution in [2.75, 3.05) is 13.1 Å². The SMILES string of the molecule is C[C@@]12CC[C@@H](c3cc(F)cc(F)c3)N1C(=O)C1(CCN(C(=O)c3ccc(F)c(F)n3)CC1)O2. The lowest BCUT2D eigenvalue weighted by atomic mass is 9.89. The molecule has 2 amide bonds. The number of ether oxygens (including phenoxy) is 1. The standard InChI is InChI=1S/C23H21F4N3O3/c1-22-5-4-18(13-10-14(24)12-15(25)11-13)30(22)21(32)23(33-22)6-8-29(9-7-23)20(31)17-3-2-16(26)19(27)28-17/h2-3,10-12,18H,4-9H2,1H3/t18-,22+/m0/s1. The summed E-state index contributed by atoms with van der Waals surface area (Å²) >= 11 is 0. The Bertz CT molecular complexity index is 1130. The average molecular weight is 463 g/mol. The van der Waals surface area contributed by atoms with E-state index >= 15 is 0 Å². The Labute approximate surface area is 187 Å². The van der Waals surface area contributed by atoms with Crippen LogP contribution in [0.5, 0.6) is 0 Å². The van der Waals surface area contributed by atoms with Gasteiger partial charge in [0.05, 0.1) is 6.04 Å². The molecule has 1 spiro atoms. The lowest BCUT2D eigenvalue weighted by Crippen LogP contribution is -2.51. The molecular formula is C23H21F4N3O3. The number of rotatable bonds is 2. The second-order valence-corrected chi connectivity index (χ2v) is 8.97. The van der Waals surface area contributed by atoms with Crippen molar-refractivity contribution in [2.24, 2.45) is 0 Å². The highest BCUT2D eigenvalue weighted by Crippen LogP contribution is 2.53. The van der Waals surface area contributed by atoms with Gasteiger partial charge < -0.3 is 14.5 Å². The molecule has 3 fully saturated rings. The fourth-order valence-electron chi connectivity index (χ4n) is 5.29. The largest absolute Gasteiger partial charge is 0.339 e. The molecule has 0 bridgehead atoms. The maximum Gasteiger partial charge on any atom is 0.272 e. The molecule has 0 N–H and O–H groups in total. The van der Waals surface area contributed by atoms with Crippen LogP contribution in [0.2, 0.25) is 0 Å². The summed E-state index contributed by atoms with van der Waals surface area (Å²) in [5.74, 6) is -4.74. The van der Waals surface area contributed by atoms with Crippen LogP contribution in [0.3, 0.4) is 0 Å². The van der Waals surface area contributed by atoms with Gasteiger partial charge in [0.15, 0.2) is 11.4 Å². The van der Waals surface area contributed by atoms with E-state index in [1.54, 1.807) is 11.8 Å². The molecule has 0 unspecified atom stereocenters. The maximum atomic E-state index is 13.8. The number of amides is 2. The molecule has 5 rings (SSSR count). The third-order valence-electron chi connectivity index (χ3n) is 6.88. The quantitative estimate of drug-likeness (QED) is 0.503. The number of benzene rings is 1. The minimum atomic E-state index is -1.35. The number of likely N-dealkylation sites (tertiary alicyclic amines) is 1. The Morgan fingerprint density at radius 1 is 1.06 bits per heavy atom. The normalized spacial score (nSPS) is 26.2. The lowest BCUT2D eigenvalue weighted by molar-refractivity contribution is -0.148. The van der Waals surface area contributed by atoms with E-state index in [1.807, 2.05) is 0 Å². The number of pyridine rings is 1. The molecule has 3 aliphatic heterocycles. The molecule has 0 radical (unpaired) electrons. The first kappa shape index (κ1) is 21.8. The number of piperidine rings is 1. The summed E-state index contributed by atoms with van der Waals surface area (Å²) in [4.78, 5) is 32.6. The zero-order chi connectivity index (χ0) is 23.5. The second kappa shape index (κ2) is 7.51. The van der Waals surface area contributed by atoms with E-state index in [0.717, 1.165) is 18.2 Å². The Morgan fingerprint density at radius 2 is 1.73 bits per heavy atom. The highest BCUT2D eigenvalue weighted by Gasteiger charge is 2.63. The Hall–Kier alpha value is -3.01. The third-order valence-corrected chi connectivity index (χ3v) is 6.88. The first-order chi connectivity index (χ1) is 15.6. The van der Waals surface area contributed by atoms with Gasteiger partial charge in [0.1, 0.15) is 23.1 Å². The van der Waals surface area contributed by atoms with Crippen molar-refractivity contribution in [3.05, 3.63) is 65.0 Å². The van der Waals surface area contributed by atoms with Gasteiger partial charge in [0, 0.05) is 32.0 Å². The molecular weight excluding hydrogens is 442 g/mol. The third kappa shape index (κ3) is 3.47. The van der Waals surface area contributed by atoms with Crippen LogP contribution in [0.15, 0.2) is 30.3 Å².